The number of nitrogens with zero attached hydrogens (tertiary/aromatic N) is 3. The number of fused-ring (bicyclic) bond motifs is 1. The molecule has 0 unspecified atom stereocenters. The highest BCUT2D eigenvalue weighted by molar-refractivity contribution is 5.79. The van der Waals surface area contributed by atoms with Crippen molar-refractivity contribution in [2.24, 2.45) is 5.92 Å². The predicted octanol–water partition coefficient (Wildman–Crippen LogP) is 3.24. The third-order valence-corrected chi connectivity index (χ3v) is 5.67. The molecule has 0 spiro atoms. The SMILES string of the molecule is CN(Cc1ccc2c(c1)OCCO2)C(=O)C1CCN(c2ccccc2[N+](=O)[O-])CC1. The van der Waals surface area contributed by atoms with Crippen molar-refractivity contribution in [2.45, 2.75) is 19.4 Å². The molecule has 1 amide bonds. The maximum absolute atomic E-state index is 13.0. The quantitative estimate of drug-likeness (QED) is 0.555. The van der Waals surface area contributed by atoms with E-state index in [0.29, 0.717) is 51.4 Å². The molecule has 0 bridgehead atoms. The number of hydrogen-bond acceptors (Lipinski definition) is 6. The van der Waals surface area contributed by atoms with Crippen LogP contribution in [0.1, 0.15) is 18.4 Å². The largest absolute Gasteiger partial charge is 0.486 e. The first-order chi connectivity index (χ1) is 14.5. The van der Waals surface area contributed by atoms with Gasteiger partial charge in [0.25, 0.3) is 5.69 Å². The van der Waals surface area contributed by atoms with Crippen LogP contribution in [0.15, 0.2) is 42.5 Å². The third-order valence-electron chi connectivity index (χ3n) is 5.67. The summed E-state index contributed by atoms with van der Waals surface area (Å²) in [7, 11) is 1.81. The summed E-state index contributed by atoms with van der Waals surface area (Å²) in [4.78, 5) is 27.6. The minimum absolute atomic E-state index is 0.0776. The lowest BCUT2D eigenvalue weighted by molar-refractivity contribution is -0.384. The number of benzene rings is 2. The maximum Gasteiger partial charge on any atom is 0.292 e. The van der Waals surface area contributed by atoms with Crippen LogP contribution >= 0.6 is 0 Å². The predicted molar refractivity (Wildman–Crippen MR) is 112 cm³/mol. The van der Waals surface area contributed by atoms with Crippen LogP contribution in [-0.4, -0.2) is 49.1 Å². The van der Waals surface area contributed by atoms with Crippen molar-refractivity contribution in [3.63, 3.8) is 0 Å². The normalized spacial score (nSPS) is 16.2. The Labute approximate surface area is 175 Å². The summed E-state index contributed by atoms with van der Waals surface area (Å²) in [5.74, 6) is 1.48. The van der Waals surface area contributed by atoms with Gasteiger partial charge in [-0.25, -0.2) is 0 Å². The van der Waals surface area contributed by atoms with Crippen LogP contribution in [0.25, 0.3) is 0 Å². The highest BCUT2D eigenvalue weighted by atomic mass is 16.6. The fraction of sp³-hybridized carbons (Fsp3) is 0.409. The van der Waals surface area contributed by atoms with Crippen molar-refractivity contribution in [1.82, 2.24) is 4.90 Å². The van der Waals surface area contributed by atoms with Crippen LogP contribution in [0.4, 0.5) is 11.4 Å². The third kappa shape index (κ3) is 4.17. The van der Waals surface area contributed by atoms with E-state index in [1.54, 1.807) is 23.1 Å². The molecule has 2 aromatic carbocycles. The molecular formula is C22H25N3O5. The molecule has 158 valence electrons. The van der Waals surface area contributed by atoms with Gasteiger partial charge in [-0.15, -0.1) is 0 Å². The fourth-order valence-electron chi connectivity index (χ4n) is 4.10. The lowest BCUT2D eigenvalue weighted by Crippen LogP contribution is -2.41. The first-order valence-electron chi connectivity index (χ1n) is 10.1. The molecule has 8 heteroatoms. The molecule has 2 aromatic rings. The van der Waals surface area contributed by atoms with E-state index in [9.17, 15) is 14.9 Å². The van der Waals surface area contributed by atoms with Gasteiger partial charge in [-0.3, -0.25) is 14.9 Å². The maximum atomic E-state index is 13.0. The zero-order valence-corrected chi connectivity index (χ0v) is 17.0. The summed E-state index contributed by atoms with van der Waals surface area (Å²) in [5.41, 5.74) is 1.73. The fourth-order valence-corrected chi connectivity index (χ4v) is 4.10. The number of hydrogen-bond donors (Lipinski definition) is 0. The molecule has 1 fully saturated rings. The Bertz CT molecular complexity index is 940. The second-order valence-corrected chi connectivity index (χ2v) is 7.68. The summed E-state index contributed by atoms with van der Waals surface area (Å²) in [6, 6.07) is 12.5. The molecule has 1 saturated heterocycles. The lowest BCUT2D eigenvalue weighted by Gasteiger charge is -2.34. The average molecular weight is 411 g/mol. The first kappa shape index (κ1) is 20.0. The van der Waals surface area contributed by atoms with Gasteiger partial charge in [-0.2, -0.15) is 0 Å². The van der Waals surface area contributed by atoms with Gasteiger partial charge in [0.2, 0.25) is 5.91 Å². The molecule has 2 aliphatic heterocycles. The molecule has 0 saturated carbocycles. The van der Waals surface area contributed by atoms with Crippen LogP contribution in [0.3, 0.4) is 0 Å². The Morgan fingerprint density at radius 3 is 2.57 bits per heavy atom. The number of carbonyl (C=O) groups is 1. The minimum Gasteiger partial charge on any atom is -0.486 e. The zero-order chi connectivity index (χ0) is 21.1. The Hall–Kier alpha value is -3.29. The highest BCUT2D eigenvalue weighted by Crippen LogP contribution is 2.33. The van der Waals surface area contributed by atoms with Crippen LogP contribution in [0.5, 0.6) is 11.5 Å². The van der Waals surface area contributed by atoms with Gasteiger partial charge < -0.3 is 19.3 Å². The molecule has 4 rings (SSSR count). The van der Waals surface area contributed by atoms with Gasteiger partial charge in [0.05, 0.1) is 4.92 Å². The number of anilines is 1. The van der Waals surface area contributed by atoms with Crippen LogP contribution in [0, 0.1) is 16.0 Å². The monoisotopic (exact) mass is 411 g/mol. The van der Waals surface area contributed by atoms with Crippen molar-refractivity contribution >= 4 is 17.3 Å². The molecule has 0 aliphatic carbocycles. The molecule has 2 heterocycles. The molecule has 8 nitrogen and oxygen atoms in total. The van der Waals surface area contributed by atoms with E-state index in [4.69, 9.17) is 9.47 Å². The van der Waals surface area contributed by atoms with E-state index in [-0.39, 0.29) is 22.4 Å². The Morgan fingerprint density at radius 2 is 1.83 bits per heavy atom. The molecule has 0 atom stereocenters. The van der Waals surface area contributed by atoms with Gasteiger partial charge in [0, 0.05) is 38.7 Å². The van der Waals surface area contributed by atoms with E-state index in [2.05, 4.69) is 0 Å². The van der Waals surface area contributed by atoms with E-state index in [0.717, 1.165) is 17.1 Å². The summed E-state index contributed by atoms with van der Waals surface area (Å²) >= 11 is 0. The van der Waals surface area contributed by atoms with Crippen molar-refractivity contribution in [2.75, 3.05) is 38.3 Å². The standard InChI is InChI=1S/C22H25N3O5/c1-23(15-16-6-7-20-21(14-16)30-13-12-29-20)22(26)17-8-10-24(11-9-17)18-4-2-3-5-19(18)25(27)28/h2-7,14,17H,8-13,15H2,1H3. The van der Waals surface area contributed by atoms with Crippen LogP contribution in [-0.2, 0) is 11.3 Å². The number of carbonyl (C=O) groups excluding carboxylic acids is 1. The van der Waals surface area contributed by atoms with Gasteiger partial charge in [0.1, 0.15) is 18.9 Å². The van der Waals surface area contributed by atoms with E-state index < -0.39 is 0 Å². The number of nitro benzene ring substituents is 1. The zero-order valence-electron chi connectivity index (χ0n) is 17.0. The van der Waals surface area contributed by atoms with Crippen molar-refractivity contribution in [3.05, 3.63) is 58.1 Å². The number of ether oxygens (including phenoxy) is 2. The molecule has 30 heavy (non-hydrogen) atoms. The number of piperidine rings is 1. The summed E-state index contributed by atoms with van der Waals surface area (Å²) < 4.78 is 11.2. The Balaban J connectivity index is 1.36. The minimum atomic E-state index is -0.353. The van der Waals surface area contributed by atoms with E-state index >= 15 is 0 Å². The van der Waals surface area contributed by atoms with Crippen molar-refractivity contribution in [1.29, 1.82) is 0 Å². The lowest BCUT2D eigenvalue weighted by atomic mass is 9.94. The Morgan fingerprint density at radius 1 is 1.13 bits per heavy atom. The van der Waals surface area contributed by atoms with Crippen molar-refractivity contribution < 1.29 is 19.2 Å². The van der Waals surface area contributed by atoms with Gasteiger partial charge >= 0.3 is 0 Å². The molecule has 0 aromatic heterocycles. The summed E-state index contributed by atoms with van der Waals surface area (Å²) in [6.45, 7) is 2.83. The number of nitro groups is 1. The van der Waals surface area contributed by atoms with Crippen LogP contribution in [0.2, 0.25) is 0 Å². The number of amides is 1. The molecule has 0 N–H and O–H groups in total. The second kappa shape index (κ2) is 8.61. The second-order valence-electron chi connectivity index (χ2n) is 7.68. The molecular weight excluding hydrogens is 386 g/mol. The van der Waals surface area contributed by atoms with Crippen LogP contribution < -0.4 is 14.4 Å². The van der Waals surface area contributed by atoms with Gasteiger partial charge in [0.15, 0.2) is 11.5 Å². The topological polar surface area (TPSA) is 85.2 Å². The first-order valence-corrected chi connectivity index (χ1v) is 10.1. The molecule has 0 radical (unpaired) electrons. The highest BCUT2D eigenvalue weighted by Gasteiger charge is 2.29. The molecule has 2 aliphatic rings. The Kier molecular flexibility index (Phi) is 5.74. The summed E-state index contributed by atoms with van der Waals surface area (Å²) in [6.07, 6.45) is 1.35. The van der Waals surface area contributed by atoms with Gasteiger partial charge in [-0.1, -0.05) is 18.2 Å². The van der Waals surface area contributed by atoms with E-state index in [1.165, 1.54) is 6.07 Å². The van der Waals surface area contributed by atoms with Gasteiger partial charge in [-0.05, 0) is 36.6 Å². The number of rotatable bonds is 5. The average Bonchev–Trinajstić information content (AvgIpc) is 2.78. The number of para-hydroxylation sites is 2. The van der Waals surface area contributed by atoms with E-state index in [1.807, 2.05) is 30.1 Å². The van der Waals surface area contributed by atoms with Crippen molar-refractivity contribution in [3.8, 4) is 11.5 Å². The summed E-state index contributed by atoms with van der Waals surface area (Å²) in [5, 5.41) is 11.3. The smallest absolute Gasteiger partial charge is 0.292 e.